The third-order valence-corrected chi connectivity index (χ3v) is 3.48. The zero-order valence-corrected chi connectivity index (χ0v) is 10.8. The molecule has 1 saturated heterocycles. The van der Waals surface area contributed by atoms with Crippen molar-refractivity contribution in [3.8, 4) is 0 Å². The minimum atomic E-state index is 0.0590. The van der Waals surface area contributed by atoms with Crippen LogP contribution in [-0.2, 0) is 19.2 Å². The number of amides is 1. The molecule has 2 aliphatic heterocycles. The molecule has 3 atom stereocenters. The second-order valence-electron chi connectivity index (χ2n) is 4.52. The van der Waals surface area contributed by atoms with Crippen LogP contribution in [0.1, 0.15) is 6.42 Å². The van der Waals surface area contributed by atoms with Gasteiger partial charge in [0, 0.05) is 19.6 Å². The monoisotopic (exact) mass is 254 g/mol. The topological polar surface area (TPSA) is 66.9 Å². The summed E-state index contributed by atoms with van der Waals surface area (Å²) < 4.78 is 0. The van der Waals surface area contributed by atoms with Crippen molar-refractivity contribution in [1.29, 1.82) is 0 Å². The molecule has 1 aliphatic carbocycles. The first kappa shape index (κ1) is 14.6. The highest BCUT2D eigenvalue weighted by Gasteiger charge is 2.40. The third kappa shape index (κ3) is 3.04. The highest BCUT2D eigenvalue weighted by atomic mass is 16.7. The Morgan fingerprint density at radius 3 is 2.50 bits per heavy atom. The summed E-state index contributed by atoms with van der Waals surface area (Å²) in [4.78, 5) is 35.5. The minimum absolute atomic E-state index is 0.0590. The van der Waals surface area contributed by atoms with Crippen LogP contribution in [0.3, 0.4) is 0 Å². The number of nitrogens with zero attached hydrogens (tertiary/aromatic N) is 2. The van der Waals surface area contributed by atoms with Crippen LogP contribution in [-0.4, -0.2) is 55.8 Å². The maximum Gasteiger partial charge on any atom is 0.373 e. The summed E-state index contributed by atoms with van der Waals surface area (Å²) in [7, 11) is 5.28. The molecule has 3 rings (SSSR count). The fourth-order valence-electron chi connectivity index (χ4n) is 2.60. The van der Waals surface area contributed by atoms with Crippen molar-refractivity contribution in [2.75, 3.05) is 27.7 Å². The van der Waals surface area contributed by atoms with Crippen LogP contribution < -0.4 is 0 Å². The van der Waals surface area contributed by atoms with E-state index in [2.05, 4.69) is 24.1 Å². The molecule has 0 spiro atoms. The largest absolute Gasteiger partial charge is 0.373 e. The predicted molar refractivity (Wildman–Crippen MR) is 61.9 cm³/mol. The van der Waals surface area contributed by atoms with Gasteiger partial charge in [-0.15, -0.1) is 0 Å². The number of likely N-dealkylation sites (N-methyl/N-ethyl adjacent to an activating group) is 1. The number of hydrogen-bond acceptors (Lipinski definition) is 5. The van der Waals surface area contributed by atoms with Crippen LogP contribution in [0, 0.1) is 11.8 Å². The first-order valence-corrected chi connectivity index (χ1v) is 5.74. The second kappa shape index (κ2) is 6.44. The van der Waals surface area contributed by atoms with Crippen LogP contribution in [0.5, 0.6) is 0 Å². The number of fused-ring (bicyclic) bond motifs is 2. The summed E-state index contributed by atoms with van der Waals surface area (Å²) >= 11 is 0. The molecular weight excluding hydrogens is 236 g/mol. The molecule has 2 bridgehead atoms. The number of hydrogen-bond donors (Lipinski definition) is 0. The maximum absolute atomic E-state index is 12.0. The fourth-order valence-corrected chi connectivity index (χ4v) is 2.60. The summed E-state index contributed by atoms with van der Waals surface area (Å²) in [5.74, 6) is 0.673. The molecule has 1 amide bonds. The SMILES string of the molecule is CON(C)C(=O)C1CC2C=CC1N(C)C2.O=C=O. The Morgan fingerprint density at radius 1 is 1.44 bits per heavy atom. The van der Waals surface area contributed by atoms with E-state index >= 15 is 0 Å². The summed E-state index contributed by atoms with van der Waals surface area (Å²) in [6.07, 6.45) is 5.60. The quantitative estimate of drug-likeness (QED) is 0.509. The molecule has 0 saturated carbocycles. The lowest BCUT2D eigenvalue weighted by Gasteiger charge is -2.44. The van der Waals surface area contributed by atoms with Crippen molar-refractivity contribution >= 4 is 12.1 Å². The van der Waals surface area contributed by atoms with Crippen molar-refractivity contribution in [1.82, 2.24) is 9.96 Å². The summed E-state index contributed by atoms with van der Waals surface area (Å²) in [5.41, 5.74) is 0. The zero-order valence-electron chi connectivity index (χ0n) is 10.8. The van der Waals surface area contributed by atoms with E-state index in [4.69, 9.17) is 14.4 Å². The standard InChI is InChI=1S/C11H18N2O2.CO2/c1-12-7-8-4-5-10(12)9(6-8)11(14)13(2)15-3;2-1-3/h4-5,8-10H,6-7H2,1-3H3;. The van der Waals surface area contributed by atoms with Gasteiger partial charge in [-0.05, 0) is 19.4 Å². The number of piperidine rings is 1. The van der Waals surface area contributed by atoms with Gasteiger partial charge in [0.15, 0.2) is 0 Å². The first-order chi connectivity index (χ1) is 8.54. The molecule has 0 radical (unpaired) electrons. The van der Waals surface area contributed by atoms with Crippen molar-refractivity contribution in [2.24, 2.45) is 11.8 Å². The van der Waals surface area contributed by atoms with E-state index in [1.54, 1.807) is 7.05 Å². The van der Waals surface area contributed by atoms with Crippen LogP contribution in [0.2, 0.25) is 0 Å². The van der Waals surface area contributed by atoms with Gasteiger partial charge >= 0.3 is 6.15 Å². The van der Waals surface area contributed by atoms with E-state index < -0.39 is 0 Å². The fraction of sp³-hybridized carbons (Fsp3) is 0.667. The smallest absolute Gasteiger partial charge is 0.299 e. The number of carbonyl (C=O) groups excluding carboxylic acids is 3. The lowest BCUT2D eigenvalue weighted by atomic mass is 9.77. The van der Waals surface area contributed by atoms with Gasteiger partial charge in [-0.1, -0.05) is 12.2 Å². The van der Waals surface area contributed by atoms with Gasteiger partial charge in [-0.3, -0.25) is 14.5 Å². The van der Waals surface area contributed by atoms with E-state index in [-0.39, 0.29) is 24.0 Å². The summed E-state index contributed by atoms with van der Waals surface area (Å²) in [5, 5.41) is 1.34. The Balaban J connectivity index is 0.000000492. The van der Waals surface area contributed by atoms with Crippen LogP contribution in [0.4, 0.5) is 0 Å². The third-order valence-electron chi connectivity index (χ3n) is 3.48. The van der Waals surface area contributed by atoms with E-state index in [0.717, 1.165) is 13.0 Å². The normalized spacial score (nSPS) is 29.2. The molecule has 3 unspecified atom stereocenters. The molecule has 3 aliphatic rings. The Bertz CT molecular complexity index is 363. The van der Waals surface area contributed by atoms with Gasteiger partial charge in [0.05, 0.1) is 13.0 Å². The summed E-state index contributed by atoms with van der Waals surface area (Å²) in [6.45, 7) is 1.07. The molecule has 0 aromatic rings. The average molecular weight is 254 g/mol. The van der Waals surface area contributed by atoms with Gasteiger partial charge in [0.2, 0.25) is 0 Å². The van der Waals surface area contributed by atoms with Gasteiger partial charge in [0.25, 0.3) is 5.91 Å². The number of hydroxylamine groups is 2. The molecule has 0 aromatic carbocycles. The molecule has 6 heteroatoms. The predicted octanol–water partition coefficient (Wildman–Crippen LogP) is -0.0710. The summed E-state index contributed by atoms with van der Waals surface area (Å²) in [6, 6.07) is 0.250. The van der Waals surface area contributed by atoms with E-state index in [9.17, 15) is 4.79 Å². The van der Waals surface area contributed by atoms with Crippen molar-refractivity contribution in [3.05, 3.63) is 12.2 Å². The Hall–Kier alpha value is -1.49. The van der Waals surface area contributed by atoms with Gasteiger partial charge in [-0.2, -0.15) is 9.59 Å². The molecule has 0 N–H and O–H groups in total. The lowest BCUT2D eigenvalue weighted by molar-refractivity contribution is -0.191. The average Bonchev–Trinajstić information content (AvgIpc) is 2.38. The molecule has 18 heavy (non-hydrogen) atoms. The molecule has 1 fully saturated rings. The van der Waals surface area contributed by atoms with Gasteiger partial charge < -0.3 is 0 Å². The Morgan fingerprint density at radius 2 is 2.06 bits per heavy atom. The van der Waals surface area contributed by atoms with E-state index in [0.29, 0.717) is 5.92 Å². The molecular formula is C12H18N2O4. The molecule has 0 aromatic heterocycles. The maximum atomic E-state index is 12.0. The second-order valence-corrected chi connectivity index (χ2v) is 4.52. The van der Waals surface area contributed by atoms with Gasteiger partial charge in [0.1, 0.15) is 0 Å². The van der Waals surface area contributed by atoms with Crippen molar-refractivity contribution < 1.29 is 19.2 Å². The highest BCUT2D eigenvalue weighted by Crippen LogP contribution is 2.34. The molecule has 6 nitrogen and oxygen atoms in total. The Kier molecular flexibility index (Phi) is 5.22. The number of carbonyl (C=O) groups is 1. The first-order valence-electron chi connectivity index (χ1n) is 5.74. The van der Waals surface area contributed by atoms with E-state index in [1.165, 1.54) is 12.2 Å². The molecule has 100 valence electrons. The number of rotatable bonds is 2. The highest BCUT2D eigenvalue weighted by molar-refractivity contribution is 5.79. The van der Waals surface area contributed by atoms with Crippen LogP contribution in [0.15, 0.2) is 12.2 Å². The lowest BCUT2D eigenvalue weighted by Crippen LogP contribution is -2.53. The van der Waals surface area contributed by atoms with E-state index in [1.807, 2.05) is 0 Å². The Labute approximate surface area is 106 Å². The van der Waals surface area contributed by atoms with Crippen molar-refractivity contribution in [3.63, 3.8) is 0 Å². The zero-order chi connectivity index (χ0) is 13.7. The van der Waals surface area contributed by atoms with Crippen molar-refractivity contribution in [2.45, 2.75) is 12.5 Å². The van der Waals surface area contributed by atoms with Crippen LogP contribution in [0.25, 0.3) is 0 Å². The molecule has 2 heterocycles. The minimum Gasteiger partial charge on any atom is -0.299 e. The van der Waals surface area contributed by atoms with Gasteiger partial charge in [-0.25, -0.2) is 5.06 Å². The van der Waals surface area contributed by atoms with Crippen LogP contribution >= 0.6 is 0 Å².